The molecule has 0 bridgehead atoms. The third-order valence-electron chi connectivity index (χ3n) is 2.61. The standard InChI is InChI=1S/C13H12ClFN2O2/c1-8-5-12(18)17(13(16-8)19-2)7-9-3-4-11(15)10(14)6-9/h3-6H,7H2,1-2H3. The number of aromatic nitrogens is 2. The number of ether oxygens (including phenoxy) is 1. The number of hydrogen-bond acceptors (Lipinski definition) is 3. The highest BCUT2D eigenvalue weighted by atomic mass is 35.5. The Labute approximate surface area is 114 Å². The largest absolute Gasteiger partial charge is 0.468 e. The average molecular weight is 283 g/mol. The van der Waals surface area contributed by atoms with Crippen molar-refractivity contribution in [2.24, 2.45) is 0 Å². The van der Waals surface area contributed by atoms with Crippen LogP contribution < -0.4 is 10.3 Å². The lowest BCUT2D eigenvalue weighted by molar-refractivity contribution is 0.350. The summed E-state index contributed by atoms with van der Waals surface area (Å²) >= 11 is 5.71. The molecule has 0 atom stereocenters. The van der Waals surface area contributed by atoms with Crippen molar-refractivity contribution in [1.29, 1.82) is 0 Å². The van der Waals surface area contributed by atoms with Gasteiger partial charge in [-0.25, -0.2) is 9.37 Å². The quantitative estimate of drug-likeness (QED) is 0.868. The first-order chi connectivity index (χ1) is 9.01. The summed E-state index contributed by atoms with van der Waals surface area (Å²) in [7, 11) is 1.44. The molecule has 0 spiro atoms. The molecule has 0 radical (unpaired) electrons. The van der Waals surface area contributed by atoms with Crippen LogP contribution in [-0.2, 0) is 6.54 Å². The maximum absolute atomic E-state index is 13.1. The number of methoxy groups -OCH3 is 1. The molecule has 2 rings (SSSR count). The van der Waals surface area contributed by atoms with Gasteiger partial charge >= 0.3 is 0 Å². The molecule has 0 aliphatic carbocycles. The first-order valence-corrected chi connectivity index (χ1v) is 5.95. The van der Waals surface area contributed by atoms with Crippen molar-refractivity contribution in [3.05, 3.63) is 56.7 Å². The minimum absolute atomic E-state index is 0.0181. The second-order valence-corrected chi connectivity index (χ2v) is 4.46. The molecule has 100 valence electrons. The number of rotatable bonds is 3. The Morgan fingerprint density at radius 1 is 1.42 bits per heavy atom. The van der Waals surface area contributed by atoms with Crippen LogP contribution in [0.25, 0.3) is 0 Å². The van der Waals surface area contributed by atoms with E-state index < -0.39 is 5.82 Å². The lowest BCUT2D eigenvalue weighted by Crippen LogP contribution is -2.23. The Bertz CT molecular complexity index is 670. The van der Waals surface area contributed by atoms with E-state index in [0.717, 1.165) is 0 Å². The summed E-state index contributed by atoms with van der Waals surface area (Å²) in [6, 6.07) is 5.92. The van der Waals surface area contributed by atoms with E-state index in [0.29, 0.717) is 11.3 Å². The molecule has 1 aromatic carbocycles. The average Bonchev–Trinajstić information content (AvgIpc) is 2.36. The summed E-state index contributed by atoms with van der Waals surface area (Å²) in [5.41, 5.74) is 1.04. The second kappa shape index (κ2) is 5.40. The van der Waals surface area contributed by atoms with Crippen molar-refractivity contribution >= 4 is 11.6 Å². The number of aryl methyl sites for hydroxylation is 1. The van der Waals surface area contributed by atoms with Crippen LogP contribution in [0.4, 0.5) is 4.39 Å². The molecule has 1 aromatic heterocycles. The summed E-state index contributed by atoms with van der Waals surface area (Å²) in [6.45, 7) is 1.93. The molecular weight excluding hydrogens is 271 g/mol. The number of halogens is 2. The Morgan fingerprint density at radius 3 is 2.79 bits per heavy atom. The van der Waals surface area contributed by atoms with Crippen molar-refractivity contribution in [3.63, 3.8) is 0 Å². The minimum atomic E-state index is -0.494. The van der Waals surface area contributed by atoms with Crippen molar-refractivity contribution in [3.8, 4) is 6.01 Å². The highest BCUT2D eigenvalue weighted by Crippen LogP contribution is 2.17. The molecule has 6 heteroatoms. The van der Waals surface area contributed by atoms with Crippen LogP contribution in [0.15, 0.2) is 29.1 Å². The summed E-state index contributed by atoms with van der Waals surface area (Å²) in [5.74, 6) is -0.494. The second-order valence-electron chi connectivity index (χ2n) is 4.06. The summed E-state index contributed by atoms with van der Waals surface area (Å²) in [5, 5.41) is 0.0181. The molecule has 0 N–H and O–H groups in total. The van der Waals surface area contributed by atoms with E-state index in [2.05, 4.69) is 4.98 Å². The zero-order valence-corrected chi connectivity index (χ0v) is 11.2. The first kappa shape index (κ1) is 13.5. The monoisotopic (exact) mass is 282 g/mol. The number of hydrogen-bond donors (Lipinski definition) is 0. The zero-order chi connectivity index (χ0) is 14.0. The van der Waals surface area contributed by atoms with Gasteiger partial charge in [-0.05, 0) is 24.6 Å². The van der Waals surface area contributed by atoms with E-state index in [1.807, 2.05) is 0 Å². The molecule has 4 nitrogen and oxygen atoms in total. The predicted molar refractivity (Wildman–Crippen MR) is 70.3 cm³/mol. The highest BCUT2D eigenvalue weighted by molar-refractivity contribution is 6.30. The van der Waals surface area contributed by atoms with Gasteiger partial charge in [0.15, 0.2) is 0 Å². The molecule has 19 heavy (non-hydrogen) atoms. The Morgan fingerprint density at radius 2 is 2.16 bits per heavy atom. The lowest BCUT2D eigenvalue weighted by atomic mass is 10.2. The molecular formula is C13H12ClFN2O2. The third kappa shape index (κ3) is 2.93. The first-order valence-electron chi connectivity index (χ1n) is 5.57. The molecule has 0 saturated heterocycles. The number of nitrogens with zero attached hydrogens (tertiary/aromatic N) is 2. The molecule has 0 aliphatic rings. The van der Waals surface area contributed by atoms with Gasteiger partial charge in [-0.2, -0.15) is 0 Å². The molecule has 0 saturated carbocycles. The normalized spacial score (nSPS) is 10.5. The Hall–Kier alpha value is -1.88. The van der Waals surface area contributed by atoms with Gasteiger partial charge in [-0.3, -0.25) is 9.36 Å². The van der Waals surface area contributed by atoms with Crippen molar-refractivity contribution in [1.82, 2.24) is 9.55 Å². The van der Waals surface area contributed by atoms with Gasteiger partial charge in [-0.15, -0.1) is 0 Å². The van der Waals surface area contributed by atoms with Crippen LogP contribution >= 0.6 is 11.6 Å². The van der Waals surface area contributed by atoms with E-state index >= 15 is 0 Å². The molecule has 2 aromatic rings. The van der Waals surface area contributed by atoms with Gasteiger partial charge in [0, 0.05) is 11.8 Å². The summed E-state index contributed by atoms with van der Waals surface area (Å²) in [6.07, 6.45) is 0. The van der Waals surface area contributed by atoms with Gasteiger partial charge in [0.2, 0.25) is 0 Å². The number of benzene rings is 1. The summed E-state index contributed by atoms with van der Waals surface area (Å²) in [4.78, 5) is 16.0. The van der Waals surface area contributed by atoms with Gasteiger partial charge in [-0.1, -0.05) is 17.7 Å². The van der Waals surface area contributed by atoms with Crippen LogP contribution in [-0.4, -0.2) is 16.7 Å². The van der Waals surface area contributed by atoms with Crippen LogP contribution in [0.5, 0.6) is 6.01 Å². The van der Waals surface area contributed by atoms with Crippen LogP contribution in [0, 0.1) is 12.7 Å². The van der Waals surface area contributed by atoms with Crippen molar-refractivity contribution in [2.45, 2.75) is 13.5 Å². The molecule has 0 aliphatic heterocycles. The third-order valence-corrected chi connectivity index (χ3v) is 2.90. The van der Waals surface area contributed by atoms with Gasteiger partial charge in [0.05, 0.1) is 18.7 Å². The van der Waals surface area contributed by atoms with E-state index in [1.165, 1.54) is 29.9 Å². The Balaban J connectivity index is 2.43. The van der Waals surface area contributed by atoms with E-state index in [9.17, 15) is 9.18 Å². The fourth-order valence-electron chi connectivity index (χ4n) is 1.72. The highest BCUT2D eigenvalue weighted by Gasteiger charge is 2.09. The summed E-state index contributed by atoms with van der Waals surface area (Å²) < 4.78 is 19.5. The molecule has 0 amide bonds. The van der Waals surface area contributed by atoms with Gasteiger partial charge < -0.3 is 4.74 Å². The van der Waals surface area contributed by atoms with E-state index in [4.69, 9.17) is 16.3 Å². The zero-order valence-electron chi connectivity index (χ0n) is 10.5. The SMILES string of the molecule is COc1nc(C)cc(=O)n1Cc1ccc(F)c(Cl)c1. The fraction of sp³-hybridized carbons (Fsp3) is 0.231. The minimum Gasteiger partial charge on any atom is -0.468 e. The smallest absolute Gasteiger partial charge is 0.299 e. The van der Waals surface area contributed by atoms with Crippen LogP contribution in [0.2, 0.25) is 5.02 Å². The maximum atomic E-state index is 13.1. The maximum Gasteiger partial charge on any atom is 0.299 e. The Kier molecular flexibility index (Phi) is 3.85. The van der Waals surface area contributed by atoms with E-state index in [1.54, 1.807) is 13.0 Å². The molecule has 0 fully saturated rings. The predicted octanol–water partition coefficient (Wildman–Crippen LogP) is 2.40. The van der Waals surface area contributed by atoms with Crippen LogP contribution in [0.3, 0.4) is 0 Å². The van der Waals surface area contributed by atoms with Gasteiger partial charge in [0.1, 0.15) is 5.82 Å². The van der Waals surface area contributed by atoms with Crippen molar-refractivity contribution < 1.29 is 9.13 Å². The van der Waals surface area contributed by atoms with Gasteiger partial charge in [0.25, 0.3) is 11.6 Å². The van der Waals surface area contributed by atoms with Crippen LogP contribution in [0.1, 0.15) is 11.3 Å². The van der Waals surface area contributed by atoms with Crippen molar-refractivity contribution in [2.75, 3.05) is 7.11 Å². The molecule has 1 heterocycles. The fourth-order valence-corrected chi connectivity index (χ4v) is 1.92. The topological polar surface area (TPSA) is 44.1 Å². The molecule has 0 unspecified atom stereocenters. The van der Waals surface area contributed by atoms with E-state index in [-0.39, 0.29) is 23.1 Å². The lowest BCUT2D eigenvalue weighted by Gasteiger charge is -2.11.